The molecule has 28 heavy (non-hydrogen) atoms. The summed E-state index contributed by atoms with van der Waals surface area (Å²) in [5, 5.41) is 12.3. The van der Waals surface area contributed by atoms with Gasteiger partial charge in [-0.05, 0) is 29.3 Å². The van der Waals surface area contributed by atoms with Gasteiger partial charge in [-0.15, -0.1) is 0 Å². The van der Waals surface area contributed by atoms with Crippen LogP contribution in [-0.2, 0) is 16.1 Å². The molecule has 1 heterocycles. The molecule has 6 heteroatoms. The molecule has 3 rings (SSSR count). The Labute approximate surface area is 164 Å². The largest absolute Gasteiger partial charge is 0.481 e. The van der Waals surface area contributed by atoms with Gasteiger partial charge < -0.3 is 15.3 Å². The number of aliphatic carboxylic acids is 1. The lowest BCUT2D eigenvalue weighted by molar-refractivity contribution is -0.138. The number of rotatable bonds is 4. The van der Waals surface area contributed by atoms with E-state index in [1.807, 2.05) is 20.8 Å². The molecule has 1 aliphatic heterocycles. The second-order valence-electron chi connectivity index (χ2n) is 7.99. The topological polar surface area (TPSA) is 86.7 Å². The number of amides is 2. The van der Waals surface area contributed by atoms with Gasteiger partial charge in [0.05, 0.1) is 0 Å². The first kappa shape index (κ1) is 19.6. The van der Waals surface area contributed by atoms with Gasteiger partial charge in [0.1, 0.15) is 5.92 Å². The molecule has 2 aromatic carbocycles. The zero-order chi connectivity index (χ0) is 20.5. The number of fused-ring (bicyclic) bond motifs is 1. The fourth-order valence-corrected chi connectivity index (χ4v) is 3.18. The zero-order valence-electron chi connectivity index (χ0n) is 16.2. The Morgan fingerprint density at radius 3 is 2.32 bits per heavy atom. The molecular formula is C22H24N2O4. The Morgan fingerprint density at radius 1 is 1.07 bits per heavy atom. The molecule has 1 atom stereocenters. The summed E-state index contributed by atoms with van der Waals surface area (Å²) in [5.74, 6) is -1.93. The van der Waals surface area contributed by atoms with Crippen LogP contribution in [0, 0.1) is 5.41 Å². The highest BCUT2D eigenvalue weighted by Crippen LogP contribution is 2.37. The quantitative estimate of drug-likeness (QED) is 0.853. The molecule has 0 fully saturated rings. The smallest absolute Gasteiger partial charge is 0.312 e. The van der Waals surface area contributed by atoms with Crippen LogP contribution in [-0.4, -0.2) is 29.4 Å². The summed E-state index contributed by atoms with van der Waals surface area (Å²) in [4.78, 5) is 38.0. The summed E-state index contributed by atoms with van der Waals surface area (Å²) < 4.78 is 0. The first-order valence-corrected chi connectivity index (χ1v) is 9.19. The monoisotopic (exact) mass is 380 g/mol. The normalized spacial score (nSPS) is 15.8. The number of carboxylic acids is 1. The zero-order valence-corrected chi connectivity index (χ0v) is 16.2. The highest BCUT2D eigenvalue weighted by Gasteiger charge is 2.36. The molecule has 2 amide bonds. The molecular weight excluding hydrogens is 356 g/mol. The predicted molar refractivity (Wildman–Crippen MR) is 106 cm³/mol. The molecule has 0 spiro atoms. The number of para-hydroxylation sites is 1. The van der Waals surface area contributed by atoms with E-state index in [4.69, 9.17) is 0 Å². The van der Waals surface area contributed by atoms with Crippen molar-refractivity contribution >= 4 is 23.5 Å². The van der Waals surface area contributed by atoms with Crippen LogP contribution >= 0.6 is 0 Å². The number of hydrogen-bond donors (Lipinski definition) is 2. The highest BCUT2D eigenvalue weighted by atomic mass is 16.4. The third-order valence-electron chi connectivity index (χ3n) is 4.85. The molecule has 0 radical (unpaired) electrons. The maximum Gasteiger partial charge on any atom is 0.312 e. The highest BCUT2D eigenvalue weighted by molar-refractivity contribution is 6.08. The first-order chi connectivity index (χ1) is 13.2. The summed E-state index contributed by atoms with van der Waals surface area (Å²) in [5.41, 5.74) is 2.21. The van der Waals surface area contributed by atoms with Crippen LogP contribution in [0.5, 0.6) is 0 Å². The molecule has 6 nitrogen and oxygen atoms in total. The fourth-order valence-electron chi connectivity index (χ4n) is 3.18. The molecule has 1 unspecified atom stereocenters. The van der Waals surface area contributed by atoms with E-state index in [0.29, 0.717) is 23.4 Å². The van der Waals surface area contributed by atoms with Gasteiger partial charge in [0.25, 0.3) is 5.91 Å². The molecule has 0 aromatic heterocycles. The molecule has 0 aliphatic carbocycles. The Morgan fingerprint density at radius 2 is 1.71 bits per heavy atom. The molecule has 2 aromatic rings. The van der Waals surface area contributed by atoms with E-state index < -0.39 is 17.3 Å². The van der Waals surface area contributed by atoms with Crippen molar-refractivity contribution in [3.63, 3.8) is 0 Å². The maximum atomic E-state index is 12.9. The van der Waals surface area contributed by atoms with Gasteiger partial charge in [-0.1, -0.05) is 51.1 Å². The summed E-state index contributed by atoms with van der Waals surface area (Å²) in [6, 6.07) is 14.1. The second-order valence-corrected chi connectivity index (χ2v) is 7.99. The minimum atomic E-state index is -0.937. The van der Waals surface area contributed by atoms with Crippen LogP contribution < -0.4 is 10.2 Å². The van der Waals surface area contributed by atoms with Crippen molar-refractivity contribution in [3.8, 4) is 0 Å². The van der Waals surface area contributed by atoms with Crippen molar-refractivity contribution in [2.75, 3.05) is 11.4 Å². The first-order valence-electron chi connectivity index (χ1n) is 9.19. The Hall–Kier alpha value is -3.15. The Bertz CT molecular complexity index is 913. The van der Waals surface area contributed by atoms with E-state index in [0.717, 1.165) is 5.56 Å². The van der Waals surface area contributed by atoms with Crippen LogP contribution in [0.2, 0.25) is 0 Å². The molecule has 0 saturated carbocycles. The number of nitrogens with zero attached hydrogens (tertiary/aromatic N) is 1. The lowest BCUT2D eigenvalue weighted by Gasteiger charge is -2.19. The minimum absolute atomic E-state index is 0.0407. The van der Waals surface area contributed by atoms with Crippen molar-refractivity contribution in [3.05, 3.63) is 65.2 Å². The van der Waals surface area contributed by atoms with Crippen molar-refractivity contribution in [2.24, 2.45) is 5.41 Å². The minimum Gasteiger partial charge on any atom is -0.481 e. The van der Waals surface area contributed by atoms with Gasteiger partial charge >= 0.3 is 5.97 Å². The molecule has 0 bridgehead atoms. The van der Waals surface area contributed by atoms with E-state index in [1.165, 1.54) is 4.90 Å². The van der Waals surface area contributed by atoms with Gasteiger partial charge in [0.2, 0.25) is 5.91 Å². The number of carboxylic acid groups (broad SMARTS) is 1. The fraction of sp³-hybridized carbons (Fsp3) is 0.318. The lowest BCUT2D eigenvalue weighted by atomic mass is 9.95. The number of nitrogens with one attached hydrogen (secondary N) is 1. The van der Waals surface area contributed by atoms with Gasteiger partial charge in [-0.25, -0.2) is 0 Å². The van der Waals surface area contributed by atoms with Gasteiger partial charge in [-0.3, -0.25) is 14.4 Å². The number of benzene rings is 2. The summed E-state index contributed by atoms with van der Waals surface area (Å²) in [6.07, 6.45) is 0. The number of anilines is 1. The maximum absolute atomic E-state index is 12.9. The van der Waals surface area contributed by atoms with Crippen molar-refractivity contribution in [2.45, 2.75) is 33.2 Å². The van der Waals surface area contributed by atoms with Crippen molar-refractivity contribution in [1.29, 1.82) is 0 Å². The van der Waals surface area contributed by atoms with Gasteiger partial charge in [0.15, 0.2) is 0 Å². The Balaban J connectivity index is 1.74. The van der Waals surface area contributed by atoms with E-state index in [-0.39, 0.29) is 18.4 Å². The molecule has 146 valence electrons. The summed E-state index contributed by atoms with van der Waals surface area (Å²) in [6.45, 7) is 6.06. The van der Waals surface area contributed by atoms with E-state index >= 15 is 0 Å². The lowest BCUT2D eigenvalue weighted by Crippen LogP contribution is -2.34. The van der Waals surface area contributed by atoms with E-state index in [1.54, 1.807) is 48.5 Å². The average Bonchev–Trinajstić information content (AvgIpc) is 3.05. The number of hydrogen-bond acceptors (Lipinski definition) is 3. The molecule has 2 N–H and O–H groups in total. The third kappa shape index (κ3) is 3.91. The SMILES string of the molecule is CC(C)(C)C(=O)NCc1ccc(C(=O)N2CC(C(=O)O)c3ccccc32)cc1. The number of carbonyl (C=O) groups excluding carboxylic acids is 2. The molecule has 0 saturated heterocycles. The van der Waals surface area contributed by atoms with Gasteiger partial charge in [0, 0.05) is 29.8 Å². The van der Waals surface area contributed by atoms with E-state index in [2.05, 4.69) is 5.32 Å². The van der Waals surface area contributed by atoms with Crippen LogP contribution in [0.4, 0.5) is 5.69 Å². The van der Waals surface area contributed by atoms with Crippen molar-refractivity contribution < 1.29 is 19.5 Å². The van der Waals surface area contributed by atoms with Crippen molar-refractivity contribution in [1.82, 2.24) is 5.32 Å². The summed E-state index contributed by atoms with van der Waals surface area (Å²) in [7, 11) is 0. The second kappa shape index (κ2) is 7.46. The average molecular weight is 380 g/mol. The van der Waals surface area contributed by atoms with Crippen LogP contribution in [0.1, 0.15) is 48.2 Å². The van der Waals surface area contributed by atoms with Crippen LogP contribution in [0.25, 0.3) is 0 Å². The number of carbonyl (C=O) groups is 3. The summed E-state index contributed by atoms with van der Waals surface area (Å²) >= 11 is 0. The van der Waals surface area contributed by atoms with E-state index in [9.17, 15) is 19.5 Å². The van der Waals surface area contributed by atoms with Crippen LogP contribution in [0.15, 0.2) is 48.5 Å². The van der Waals surface area contributed by atoms with Crippen LogP contribution in [0.3, 0.4) is 0 Å². The molecule has 1 aliphatic rings. The van der Waals surface area contributed by atoms with Gasteiger partial charge in [-0.2, -0.15) is 0 Å². The Kier molecular flexibility index (Phi) is 5.23. The standard InChI is InChI=1S/C22H24N2O4/c1-22(2,3)21(28)23-12-14-8-10-15(11-9-14)19(25)24-13-17(20(26)27)16-6-4-5-7-18(16)24/h4-11,17H,12-13H2,1-3H3,(H,23,28)(H,26,27). The third-order valence-corrected chi connectivity index (χ3v) is 4.85. The predicted octanol–water partition coefficient (Wildman–Crippen LogP) is 3.18.